The minimum Gasteiger partial charge on any atom is -0.315 e. The standard InChI is InChI=1S/C15H26N2O2S/c1-4-10-16-11-12-17-20(18,19)15-8-6-14(7-9-15)13(3)5-2/h6-9,13,16-17H,4-5,10-12H2,1-3H3. The first-order chi connectivity index (χ1) is 9.51. The maximum Gasteiger partial charge on any atom is 0.240 e. The van der Waals surface area contributed by atoms with E-state index in [0.717, 1.165) is 19.4 Å². The van der Waals surface area contributed by atoms with Crippen molar-refractivity contribution in [2.75, 3.05) is 19.6 Å². The molecule has 1 aromatic rings. The molecule has 1 atom stereocenters. The first kappa shape index (κ1) is 17.1. The van der Waals surface area contributed by atoms with Crippen LogP contribution in [0.25, 0.3) is 0 Å². The maximum absolute atomic E-state index is 12.1. The molecule has 2 N–H and O–H groups in total. The third-order valence-electron chi connectivity index (χ3n) is 3.39. The Hall–Kier alpha value is -0.910. The molecule has 0 aliphatic rings. The zero-order valence-electron chi connectivity index (χ0n) is 12.6. The van der Waals surface area contributed by atoms with Crippen LogP contribution in [0.2, 0.25) is 0 Å². The van der Waals surface area contributed by atoms with Crippen molar-refractivity contribution in [2.45, 2.75) is 44.4 Å². The molecule has 1 aromatic carbocycles. The van der Waals surface area contributed by atoms with Gasteiger partial charge in [-0.15, -0.1) is 0 Å². The van der Waals surface area contributed by atoms with Crippen molar-refractivity contribution in [3.05, 3.63) is 29.8 Å². The molecule has 0 saturated heterocycles. The SMILES string of the molecule is CCCNCCNS(=O)(=O)c1ccc(C(C)CC)cc1. The van der Waals surface area contributed by atoms with Gasteiger partial charge in [0.1, 0.15) is 0 Å². The Morgan fingerprint density at radius 1 is 1.05 bits per heavy atom. The maximum atomic E-state index is 12.1. The van der Waals surface area contributed by atoms with Gasteiger partial charge in [-0.1, -0.05) is 32.9 Å². The van der Waals surface area contributed by atoms with Crippen LogP contribution in [0.4, 0.5) is 0 Å². The van der Waals surface area contributed by atoms with Gasteiger partial charge in [0.05, 0.1) is 4.90 Å². The second-order valence-corrected chi connectivity index (χ2v) is 6.79. The van der Waals surface area contributed by atoms with E-state index in [1.165, 1.54) is 5.56 Å². The van der Waals surface area contributed by atoms with Crippen molar-refractivity contribution in [3.8, 4) is 0 Å². The van der Waals surface area contributed by atoms with Crippen LogP contribution in [0.3, 0.4) is 0 Å². The van der Waals surface area contributed by atoms with Crippen molar-refractivity contribution in [2.24, 2.45) is 0 Å². The summed E-state index contributed by atoms with van der Waals surface area (Å²) in [4.78, 5) is 0.333. The predicted molar refractivity (Wildman–Crippen MR) is 83.5 cm³/mol. The summed E-state index contributed by atoms with van der Waals surface area (Å²) in [5, 5.41) is 3.16. The van der Waals surface area contributed by atoms with Gasteiger partial charge >= 0.3 is 0 Å². The predicted octanol–water partition coefficient (Wildman–Crippen LogP) is 2.48. The fourth-order valence-corrected chi connectivity index (χ4v) is 2.90. The number of hydrogen-bond acceptors (Lipinski definition) is 3. The highest BCUT2D eigenvalue weighted by Crippen LogP contribution is 2.20. The summed E-state index contributed by atoms with van der Waals surface area (Å²) in [5.41, 5.74) is 1.18. The van der Waals surface area contributed by atoms with E-state index in [1.807, 2.05) is 12.1 Å². The molecule has 1 unspecified atom stereocenters. The topological polar surface area (TPSA) is 58.2 Å². The first-order valence-corrected chi connectivity index (χ1v) is 8.80. The molecule has 0 amide bonds. The zero-order chi connectivity index (χ0) is 15.0. The molecule has 0 radical (unpaired) electrons. The van der Waals surface area contributed by atoms with Crippen molar-refractivity contribution in [1.82, 2.24) is 10.0 Å². The molecule has 114 valence electrons. The van der Waals surface area contributed by atoms with E-state index < -0.39 is 10.0 Å². The van der Waals surface area contributed by atoms with Crippen LogP contribution >= 0.6 is 0 Å². The lowest BCUT2D eigenvalue weighted by atomic mass is 9.99. The minimum atomic E-state index is -3.39. The monoisotopic (exact) mass is 298 g/mol. The van der Waals surface area contributed by atoms with E-state index in [9.17, 15) is 8.42 Å². The fraction of sp³-hybridized carbons (Fsp3) is 0.600. The van der Waals surface area contributed by atoms with Crippen LogP contribution < -0.4 is 10.0 Å². The van der Waals surface area contributed by atoms with Crippen LogP contribution in [0.15, 0.2) is 29.2 Å². The third kappa shape index (κ3) is 5.23. The lowest BCUT2D eigenvalue weighted by molar-refractivity contribution is 0.575. The van der Waals surface area contributed by atoms with E-state index in [0.29, 0.717) is 23.9 Å². The highest BCUT2D eigenvalue weighted by molar-refractivity contribution is 7.89. The first-order valence-electron chi connectivity index (χ1n) is 7.31. The Labute approximate surface area is 123 Å². The van der Waals surface area contributed by atoms with E-state index >= 15 is 0 Å². The number of nitrogens with one attached hydrogen (secondary N) is 2. The van der Waals surface area contributed by atoms with E-state index in [2.05, 4.69) is 30.8 Å². The average Bonchev–Trinajstić information content (AvgIpc) is 2.46. The van der Waals surface area contributed by atoms with Crippen LogP contribution in [-0.4, -0.2) is 28.1 Å². The summed E-state index contributed by atoms with van der Waals surface area (Å²) < 4.78 is 26.8. The lowest BCUT2D eigenvalue weighted by Gasteiger charge is -2.11. The highest BCUT2D eigenvalue weighted by atomic mass is 32.2. The van der Waals surface area contributed by atoms with Crippen LogP contribution in [0.5, 0.6) is 0 Å². The normalized spacial score (nSPS) is 13.3. The zero-order valence-corrected chi connectivity index (χ0v) is 13.5. The Morgan fingerprint density at radius 2 is 1.70 bits per heavy atom. The molecule has 0 spiro atoms. The second-order valence-electron chi connectivity index (χ2n) is 5.03. The molecule has 0 fully saturated rings. The van der Waals surface area contributed by atoms with Gasteiger partial charge in [0, 0.05) is 13.1 Å². The quantitative estimate of drug-likeness (QED) is 0.689. The Bertz CT molecular complexity index is 483. The number of hydrogen-bond donors (Lipinski definition) is 2. The van der Waals surface area contributed by atoms with Crippen molar-refractivity contribution in [1.29, 1.82) is 0 Å². The summed E-state index contributed by atoms with van der Waals surface area (Å²) in [6, 6.07) is 7.17. The van der Waals surface area contributed by atoms with Gasteiger partial charge in [0.2, 0.25) is 10.0 Å². The van der Waals surface area contributed by atoms with Gasteiger partial charge < -0.3 is 5.32 Å². The molecule has 0 aromatic heterocycles. The van der Waals surface area contributed by atoms with Crippen LogP contribution in [0, 0.1) is 0 Å². The fourth-order valence-electron chi connectivity index (χ4n) is 1.87. The summed E-state index contributed by atoms with van der Waals surface area (Å²) in [6.07, 6.45) is 2.09. The number of rotatable bonds is 9. The summed E-state index contributed by atoms with van der Waals surface area (Å²) >= 11 is 0. The molecular formula is C15H26N2O2S. The molecule has 0 bridgehead atoms. The molecule has 0 aliphatic carbocycles. The Kier molecular flexibility index (Phi) is 7.19. The lowest BCUT2D eigenvalue weighted by Crippen LogP contribution is -2.32. The van der Waals surface area contributed by atoms with Crippen molar-refractivity contribution >= 4 is 10.0 Å². The highest BCUT2D eigenvalue weighted by Gasteiger charge is 2.13. The van der Waals surface area contributed by atoms with Gasteiger partial charge in [-0.2, -0.15) is 0 Å². The third-order valence-corrected chi connectivity index (χ3v) is 4.87. The molecule has 5 heteroatoms. The number of benzene rings is 1. The van der Waals surface area contributed by atoms with Gasteiger partial charge in [-0.05, 0) is 43.0 Å². The summed E-state index contributed by atoms with van der Waals surface area (Å²) in [5.74, 6) is 0.456. The van der Waals surface area contributed by atoms with E-state index in [-0.39, 0.29) is 0 Å². The van der Waals surface area contributed by atoms with Crippen molar-refractivity contribution in [3.63, 3.8) is 0 Å². The van der Waals surface area contributed by atoms with Crippen LogP contribution in [-0.2, 0) is 10.0 Å². The molecule has 0 aliphatic heterocycles. The smallest absolute Gasteiger partial charge is 0.240 e. The molecular weight excluding hydrogens is 272 g/mol. The molecule has 0 heterocycles. The van der Waals surface area contributed by atoms with Crippen molar-refractivity contribution < 1.29 is 8.42 Å². The van der Waals surface area contributed by atoms with Gasteiger partial charge in [-0.25, -0.2) is 13.1 Å². The van der Waals surface area contributed by atoms with E-state index in [4.69, 9.17) is 0 Å². The molecule has 1 rings (SSSR count). The van der Waals surface area contributed by atoms with E-state index in [1.54, 1.807) is 12.1 Å². The van der Waals surface area contributed by atoms with Gasteiger partial charge in [0.25, 0.3) is 0 Å². The minimum absolute atomic E-state index is 0.333. The van der Waals surface area contributed by atoms with Gasteiger partial charge in [0.15, 0.2) is 0 Å². The molecule has 0 saturated carbocycles. The Balaban J connectivity index is 2.59. The summed E-state index contributed by atoms with van der Waals surface area (Å²) in [6.45, 7) is 8.32. The van der Waals surface area contributed by atoms with Crippen LogP contribution in [0.1, 0.15) is 45.1 Å². The molecule has 4 nitrogen and oxygen atoms in total. The average molecular weight is 298 g/mol. The number of sulfonamides is 1. The van der Waals surface area contributed by atoms with Gasteiger partial charge in [-0.3, -0.25) is 0 Å². The summed E-state index contributed by atoms with van der Waals surface area (Å²) in [7, 11) is -3.39. The largest absolute Gasteiger partial charge is 0.315 e. The Morgan fingerprint density at radius 3 is 2.25 bits per heavy atom. The molecule has 20 heavy (non-hydrogen) atoms. The second kappa shape index (κ2) is 8.39.